The van der Waals surface area contributed by atoms with Crippen LogP contribution in [0.2, 0.25) is 0 Å². The molecule has 41 heavy (non-hydrogen) atoms. The number of nitrogens with one attached hydrogen (secondary N) is 1. The smallest absolute Gasteiger partial charge is 0.346 e. The molecule has 0 amide bonds. The first kappa shape index (κ1) is 27.0. The Kier molecular flexibility index (Phi) is 6.88. The summed E-state index contributed by atoms with van der Waals surface area (Å²) in [6.45, 7) is 5.96. The van der Waals surface area contributed by atoms with E-state index in [4.69, 9.17) is 25.8 Å². The summed E-state index contributed by atoms with van der Waals surface area (Å²) >= 11 is 7.25. The van der Waals surface area contributed by atoms with E-state index in [-0.39, 0.29) is 12.3 Å². The number of thiophene rings is 1. The second-order valence-electron chi connectivity index (χ2n) is 11.3. The van der Waals surface area contributed by atoms with Gasteiger partial charge in [0, 0.05) is 38.4 Å². The van der Waals surface area contributed by atoms with Gasteiger partial charge in [0.1, 0.15) is 33.3 Å². The minimum atomic E-state index is -1.35. The van der Waals surface area contributed by atoms with Crippen molar-refractivity contribution in [2.24, 2.45) is 4.99 Å². The number of benzene rings is 1. The lowest BCUT2D eigenvalue weighted by Crippen LogP contribution is -2.51. The summed E-state index contributed by atoms with van der Waals surface area (Å²) in [5.41, 5.74) is 2.44. The molecule has 6 heterocycles. The van der Waals surface area contributed by atoms with E-state index >= 15 is 0 Å². The third-order valence-corrected chi connectivity index (χ3v) is 10.0. The molecule has 2 N–H and O–H groups in total. The number of fused-ring (bicyclic) bond motifs is 2. The van der Waals surface area contributed by atoms with Crippen LogP contribution in [0.3, 0.4) is 0 Å². The summed E-state index contributed by atoms with van der Waals surface area (Å²) in [6, 6.07) is 7.73. The number of ether oxygens (including phenoxy) is 3. The highest BCUT2D eigenvalue weighted by atomic mass is 35.5. The van der Waals surface area contributed by atoms with Crippen molar-refractivity contribution in [3.63, 3.8) is 0 Å². The number of alkyl halides is 2. The van der Waals surface area contributed by atoms with Gasteiger partial charge >= 0.3 is 5.97 Å². The molecule has 218 valence electrons. The maximum atomic E-state index is 14.3. The zero-order valence-corrected chi connectivity index (χ0v) is 24.2. The Bertz CT molecular complexity index is 1410. The fourth-order valence-electron chi connectivity index (χ4n) is 6.25. The monoisotopic (exact) mass is 602 g/mol. The van der Waals surface area contributed by atoms with Gasteiger partial charge in [-0.2, -0.15) is 0 Å². The normalized spacial score (nSPS) is 31.0. The molecule has 0 aliphatic carbocycles. The first-order valence-corrected chi connectivity index (χ1v) is 15.3. The van der Waals surface area contributed by atoms with Gasteiger partial charge < -0.3 is 29.5 Å². The minimum Gasteiger partial charge on any atom is -0.477 e. The average Bonchev–Trinajstić information content (AvgIpc) is 3.59. The Balaban J connectivity index is 1.01. The number of likely N-dealkylation sites (tertiary alicyclic amines) is 1. The summed E-state index contributed by atoms with van der Waals surface area (Å²) in [7, 11) is 0. The molecule has 2 aromatic rings. The zero-order chi connectivity index (χ0) is 28.3. The Hall–Kier alpha value is -2.86. The fourth-order valence-corrected chi connectivity index (χ4v) is 7.33. The van der Waals surface area contributed by atoms with Crippen LogP contribution >= 0.6 is 22.9 Å². The van der Waals surface area contributed by atoms with Crippen molar-refractivity contribution in [3.8, 4) is 11.5 Å². The van der Waals surface area contributed by atoms with Crippen molar-refractivity contribution < 1.29 is 28.5 Å². The van der Waals surface area contributed by atoms with Gasteiger partial charge in [0.15, 0.2) is 11.5 Å². The second-order valence-corrected chi connectivity index (χ2v) is 12.9. The van der Waals surface area contributed by atoms with E-state index in [1.807, 2.05) is 12.1 Å². The fraction of sp³-hybridized carbons (Fsp3) is 0.517. The van der Waals surface area contributed by atoms with E-state index in [1.54, 1.807) is 13.0 Å². The lowest BCUT2D eigenvalue weighted by molar-refractivity contribution is -0.0452. The molecule has 5 atom stereocenters. The van der Waals surface area contributed by atoms with Crippen LogP contribution in [0.5, 0.6) is 11.5 Å². The van der Waals surface area contributed by atoms with E-state index in [0.717, 1.165) is 68.3 Å². The Morgan fingerprint density at radius 1 is 1.27 bits per heavy atom. The molecule has 12 heteroatoms. The molecule has 5 aliphatic rings. The standard InChI is InChI=1S/C29H32ClFN4O5S/c1-29(24-11-20(31)19(30)13-32-24)39-22-4-2-3-18(26(22)40-29)16-5-8-34(9-6-16)15-25-33-27-21(12-23(41-27)28(36)37)35(25)14-17-7-10-38-17/h2-4,11-13,16-17,19-20,25,33H,5-10,14-15H2,1H3,(H,36,37). The van der Waals surface area contributed by atoms with Gasteiger partial charge in [0.2, 0.25) is 0 Å². The van der Waals surface area contributed by atoms with Gasteiger partial charge in [-0.05, 0) is 56.5 Å². The topological polar surface area (TPSA) is 95.9 Å². The lowest BCUT2D eigenvalue weighted by Gasteiger charge is -2.38. The number of rotatable bonds is 7. The van der Waals surface area contributed by atoms with Crippen molar-refractivity contribution >= 4 is 45.8 Å². The summed E-state index contributed by atoms with van der Waals surface area (Å²) in [4.78, 5) is 21.0. The van der Waals surface area contributed by atoms with E-state index in [2.05, 4.69) is 26.2 Å². The minimum absolute atomic E-state index is 0.0643. The van der Waals surface area contributed by atoms with Gasteiger partial charge in [0.05, 0.1) is 11.8 Å². The van der Waals surface area contributed by atoms with Crippen LogP contribution in [0.15, 0.2) is 41.0 Å². The van der Waals surface area contributed by atoms with Gasteiger partial charge in [-0.25, -0.2) is 9.18 Å². The van der Waals surface area contributed by atoms with Crippen LogP contribution in [0.1, 0.15) is 47.3 Å². The van der Waals surface area contributed by atoms with Gasteiger partial charge in [-0.1, -0.05) is 12.1 Å². The number of carbonyl (C=O) groups is 1. The summed E-state index contributed by atoms with van der Waals surface area (Å²) < 4.78 is 32.5. The van der Waals surface area contributed by atoms with E-state index < -0.39 is 23.3 Å². The molecule has 0 saturated carbocycles. The molecular weight excluding hydrogens is 571 g/mol. The number of para-hydroxylation sites is 1. The molecule has 5 aliphatic heterocycles. The molecule has 7 rings (SSSR count). The van der Waals surface area contributed by atoms with Crippen molar-refractivity contribution in [2.45, 2.75) is 61.7 Å². The van der Waals surface area contributed by atoms with Gasteiger partial charge in [-0.15, -0.1) is 22.9 Å². The first-order valence-electron chi connectivity index (χ1n) is 14.1. The molecular formula is C29H32ClFN4O5S. The molecule has 1 aromatic carbocycles. The zero-order valence-electron chi connectivity index (χ0n) is 22.6. The van der Waals surface area contributed by atoms with Crippen LogP contribution in [-0.4, -0.2) is 84.6 Å². The highest BCUT2D eigenvalue weighted by Crippen LogP contribution is 2.49. The van der Waals surface area contributed by atoms with Crippen molar-refractivity contribution in [3.05, 3.63) is 46.5 Å². The highest BCUT2D eigenvalue weighted by molar-refractivity contribution is 7.18. The number of carboxylic acid groups (broad SMARTS) is 1. The predicted octanol–water partition coefficient (Wildman–Crippen LogP) is 5.07. The third kappa shape index (κ3) is 4.96. The van der Waals surface area contributed by atoms with Crippen molar-refractivity contribution in [1.29, 1.82) is 0 Å². The van der Waals surface area contributed by atoms with Crippen LogP contribution < -0.4 is 19.7 Å². The number of allylic oxidation sites excluding steroid dienone is 1. The lowest BCUT2D eigenvalue weighted by atomic mass is 9.88. The van der Waals surface area contributed by atoms with Crippen LogP contribution in [0.25, 0.3) is 0 Å². The average molecular weight is 603 g/mol. The molecule has 2 saturated heterocycles. The molecule has 1 aromatic heterocycles. The number of hydrogen-bond acceptors (Lipinski definition) is 9. The summed E-state index contributed by atoms with van der Waals surface area (Å²) in [6.07, 6.45) is 4.61. The number of aliphatic imine (C=N–C) groups is 1. The number of hydrogen-bond donors (Lipinski definition) is 2. The quantitative estimate of drug-likeness (QED) is 0.424. The predicted molar refractivity (Wildman–Crippen MR) is 156 cm³/mol. The van der Waals surface area contributed by atoms with Gasteiger partial charge in [-0.3, -0.25) is 9.89 Å². The maximum absolute atomic E-state index is 14.3. The number of nitrogens with zero attached hydrogens (tertiary/aromatic N) is 3. The summed E-state index contributed by atoms with van der Waals surface area (Å²) in [5, 5.41) is 13.2. The van der Waals surface area contributed by atoms with E-state index in [9.17, 15) is 14.3 Å². The van der Waals surface area contributed by atoms with Crippen LogP contribution in [-0.2, 0) is 4.74 Å². The highest BCUT2D eigenvalue weighted by Gasteiger charge is 2.44. The van der Waals surface area contributed by atoms with Crippen molar-refractivity contribution in [2.75, 3.05) is 43.0 Å². The van der Waals surface area contributed by atoms with E-state index in [0.29, 0.717) is 28.0 Å². The molecule has 2 fully saturated rings. The molecule has 0 spiro atoms. The SMILES string of the molecule is CC1(C2=CC(F)C(Cl)C=N2)Oc2cccc(C3CCN(CC4Nc5sc(C(=O)O)cc5N4CC4CCO4)CC3)c2O1. The van der Waals surface area contributed by atoms with Crippen LogP contribution in [0, 0.1) is 0 Å². The van der Waals surface area contributed by atoms with Crippen LogP contribution in [0.4, 0.5) is 15.1 Å². The Labute approximate surface area is 246 Å². The number of carboxylic acids is 1. The first-order chi connectivity index (χ1) is 19.8. The molecule has 0 bridgehead atoms. The summed E-state index contributed by atoms with van der Waals surface area (Å²) in [5.74, 6) is -0.462. The number of piperidine rings is 1. The molecule has 0 radical (unpaired) electrons. The third-order valence-electron chi connectivity index (χ3n) is 8.61. The largest absolute Gasteiger partial charge is 0.477 e. The molecule has 5 unspecified atom stereocenters. The van der Waals surface area contributed by atoms with Crippen molar-refractivity contribution in [1.82, 2.24) is 4.90 Å². The number of halogens is 2. The van der Waals surface area contributed by atoms with E-state index in [1.165, 1.54) is 23.6 Å². The number of anilines is 2. The Morgan fingerprint density at radius 2 is 2.07 bits per heavy atom. The second kappa shape index (κ2) is 10.4. The number of aromatic carboxylic acids is 1. The molecule has 9 nitrogen and oxygen atoms in total. The van der Waals surface area contributed by atoms with Gasteiger partial charge in [0.25, 0.3) is 5.79 Å². The Morgan fingerprint density at radius 3 is 2.78 bits per heavy atom. The maximum Gasteiger partial charge on any atom is 0.346 e.